The number of nitrogens with one attached hydrogen (secondary N) is 2. The van der Waals surface area contributed by atoms with E-state index in [0.29, 0.717) is 12.0 Å². The molecule has 0 saturated heterocycles. The van der Waals surface area contributed by atoms with Gasteiger partial charge in [0.05, 0.1) is 0 Å². The molecule has 0 fully saturated rings. The Kier molecular flexibility index (Phi) is 6.20. The molecule has 2 aromatic rings. The van der Waals surface area contributed by atoms with E-state index in [4.69, 9.17) is 0 Å². The van der Waals surface area contributed by atoms with Gasteiger partial charge in [-0.2, -0.15) is 4.98 Å². The number of hydrogen-bond donors (Lipinski definition) is 2. The van der Waals surface area contributed by atoms with Crippen LogP contribution in [0, 0.1) is 0 Å². The summed E-state index contributed by atoms with van der Waals surface area (Å²) in [4.78, 5) is 11.1. The average molecular weight is 313 g/mol. The van der Waals surface area contributed by atoms with Gasteiger partial charge in [-0.3, -0.25) is 0 Å². The molecular formula is C18H27N5. The number of anilines is 4. The Hall–Kier alpha value is -2.30. The summed E-state index contributed by atoms with van der Waals surface area (Å²) in [6.07, 6.45) is 2.80. The Bertz CT molecular complexity index is 593. The molecule has 0 aliphatic heterocycles. The highest BCUT2D eigenvalue weighted by Crippen LogP contribution is 2.20. The topological polar surface area (TPSA) is 53.1 Å². The van der Waals surface area contributed by atoms with Crippen molar-refractivity contribution < 1.29 is 0 Å². The molecule has 0 aliphatic carbocycles. The van der Waals surface area contributed by atoms with Crippen LogP contribution in [0.25, 0.3) is 0 Å². The molecule has 1 atom stereocenters. The van der Waals surface area contributed by atoms with E-state index in [0.717, 1.165) is 31.0 Å². The van der Waals surface area contributed by atoms with E-state index in [1.807, 2.05) is 6.07 Å². The first-order valence-electron chi connectivity index (χ1n) is 8.37. The van der Waals surface area contributed by atoms with Crippen LogP contribution >= 0.6 is 0 Å². The Morgan fingerprint density at radius 3 is 2.35 bits per heavy atom. The van der Waals surface area contributed by atoms with Gasteiger partial charge in [0, 0.05) is 36.7 Å². The van der Waals surface area contributed by atoms with Gasteiger partial charge in [-0.25, -0.2) is 4.98 Å². The zero-order valence-corrected chi connectivity index (χ0v) is 14.5. The molecule has 1 heterocycles. The molecule has 5 heteroatoms. The molecule has 0 radical (unpaired) electrons. The number of rotatable bonds is 8. The molecule has 2 rings (SSSR count). The van der Waals surface area contributed by atoms with Gasteiger partial charge in [0.25, 0.3) is 0 Å². The molecule has 1 aromatic heterocycles. The quantitative estimate of drug-likeness (QED) is 0.762. The largest absolute Gasteiger partial charge is 0.372 e. The molecule has 0 aliphatic rings. The summed E-state index contributed by atoms with van der Waals surface area (Å²) in [6, 6.07) is 10.7. The van der Waals surface area contributed by atoms with E-state index in [-0.39, 0.29) is 0 Å². The number of nitrogens with zero attached hydrogens (tertiary/aromatic N) is 3. The van der Waals surface area contributed by atoms with E-state index < -0.39 is 0 Å². The highest BCUT2D eigenvalue weighted by molar-refractivity contribution is 5.61. The Labute approximate surface area is 139 Å². The molecule has 1 aromatic carbocycles. The van der Waals surface area contributed by atoms with Gasteiger partial charge in [-0.05, 0) is 57.5 Å². The van der Waals surface area contributed by atoms with Crippen molar-refractivity contribution in [3.05, 3.63) is 36.5 Å². The first-order valence-corrected chi connectivity index (χ1v) is 8.37. The van der Waals surface area contributed by atoms with Crippen LogP contribution in [0.1, 0.15) is 34.1 Å². The van der Waals surface area contributed by atoms with Crippen molar-refractivity contribution in [2.45, 2.75) is 40.2 Å². The molecule has 124 valence electrons. The predicted octanol–water partition coefficient (Wildman–Crippen LogP) is 4.28. The molecular weight excluding hydrogens is 286 g/mol. The summed E-state index contributed by atoms with van der Waals surface area (Å²) in [5.41, 5.74) is 2.26. The fourth-order valence-electron chi connectivity index (χ4n) is 2.31. The normalized spacial score (nSPS) is 11.8. The van der Waals surface area contributed by atoms with Crippen LogP contribution in [0.2, 0.25) is 0 Å². The van der Waals surface area contributed by atoms with Crippen LogP contribution in [0.4, 0.5) is 23.1 Å². The fourth-order valence-corrected chi connectivity index (χ4v) is 2.31. The molecule has 23 heavy (non-hydrogen) atoms. The van der Waals surface area contributed by atoms with Crippen LogP contribution in [-0.2, 0) is 0 Å². The number of benzene rings is 1. The Morgan fingerprint density at radius 2 is 1.74 bits per heavy atom. The second-order valence-corrected chi connectivity index (χ2v) is 5.56. The lowest BCUT2D eigenvalue weighted by Crippen LogP contribution is -2.21. The third-order valence-electron chi connectivity index (χ3n) is 3.91. The van der Waals surface area contributed by atoms with Gasteiger partial charge in [0.15, 0.2) is 0 Å². The van der Waals surface area contributed by atoms with Crippen LogP contribution in [0.5, 0.6) is 0 Å². The average Bonchev–Trinajstić information content (AvgIpc) is 2.57. The first kappa shape index (κ1) is 17.1. The van der Waals surface area contributed by atoms with Gasteiger partial charge in [0.1, 0.15) is 5.82 Å². The zero-order chi connectivity index (χ0) is 16.7. The molecule has 2 N–H and O–H groups in total. The van der Waals surface area contributed by atoms with Gasteiger partial charge in [-0.15, -0.1) is 0 Å². The van der Waals surface area contributed by atoms with E-state index >= 15 is 0 Å². The minimum atomic E-state index is 0.360. The molecule has 0 bridgehead atoms. The van der Waals surface area contributed by atoms with E-state index in [9.17, 15) is 0 Å². The summed E-state index contributed by atoms with van der Waals surface area (Å²) in [6.45, 7) is 10.6. The van der Waals surface area contributed by atoms with Crippen molar-refractivity contribution in [2.75, 3.05) is 28.6 Å². The van der Waals surface area contributed by atoms with E-state index in [1.54, 1.807) is 6.20 Å². The summed E-state index contributed by atoms with van der Waals surface area (Å²) in [5, 5.41) is 6.62. The smallest absolute Gasteiger partial charge is 0.224 e. The van der Waals surface area contributed by atoms with Gasteiger partial charge < -0.3 is 15.5 Å². The zero-order valence-electron chi connectivity index (χ0n) is 14.5. The van der Waals surface area contributed by atoms with Crippen LogP contribution in [0.3, 0.4) is 0 Å². The van der Waals surface area contributed by atoms with Crippen molar-refractivity contribution >= 4 is 23.1 Å². The standard InChI is InChI=1S/C18H27N5/c1-5-14(4)20-18-19-13-12-17(22-18)21-15-8-10-16(11-9-15)23(6-2)7-3/h8-14H,5-7H2,1-4H3,(H2,19,20,21,22). The van der Waals surface area contributed by atoms with Crippen molar-refractivity contribution in [1.29, 1.82) is 0 Å². The lowest BCUT2D eigenvalue weighted by Gasteiger charge is -2.21. The Balaban J connectivity index is 2.05. The lowest BCUT2D eigenvalue weighted by atomic mass is 10.2. The SMILES string of the molecule is CCC(C)Nc1nccc(Nc2ccc(N(CC)CC)cc2)n1. The molecule has 0 saturated carbocycles. The monoisotopic (exact) mass is 313 g/mol. The highest BCUT2D eigenvalue weighted by atomic mass is 15.1. The van der Waals surface area contributed by atoms with Crippen LogP contribution in [-0.4, -0.2) is 29.1 Å². The van der Waals surface area contributed by atoms with Crippen molar-refractivity contribution in [3.8, 4) is 0 Å². The maximum absolute atomic E-state index is 4.50. The van der Waals surface area contributed by atoms with Crippen LogP contribution < -0.4 is 15.5 Å². The lowest BCUT2D eigenvalue weighted by molar-refractivity contribution is 0.753. The van der Waals surface area contributed by atoms with Crippen molar-refractivity contribution in [3.63, 3.8) is 0 Å². The second kappa shape index (κ2) is 8.36. The highest BCUT2D eigenvalue weighted by Gasteiger charge is 2.04. The van der Waals surface area contributed by atoms with Gasteiger partial charge in [-0.1, -0.05) is 6.92 Å². The van der Waals surface area contributed by atoms with E-state index in [1.165, 1.54) is 5.69 Å². The van der Waals surface area contributed by atoms with Crippen LogP contribution in [0.15, 0.2) is 36.5 Å². The minimum Gasteiger partial charge on any atom is -0.372 e. The number of hydrogen-bond acceptors (Lipinski definition) is 5. The fraction of sp³-hybridized carbons (Fsp3) is 0.444. The summed E-state index contributed by atoms with van der Waals surface area (Å²) < 4.78 is 0. The molecule has 1 unspecified atom stereocenters. The summed E-state index contributed by atoms with van der Waals surface area (Å²) >= 11 is 0. The van der Waals surface area contributed by atoms with Crippen molar-refractivity contribution in [1.82, 2.24) is 9.97 Å². The first-order chi connectivity index (χ1) is 11.2. The summed E-state index contributed by atoms with van der Waals surface area (Å²) in [7, 11) is 0. The predicted molar refractivity (Wildman–Crippen MR) is 98.7 cm³/mol. The third kappa shape index (κ3) is 4.84. The molecule has 5 nitrogen and oxygen atoms in total. The summed E-state index contributed by atoms with van der Waals surface area (Å²) in [5.74, 6) is 1.45. The van der Waals surface area contributed by atoms with Gasteiger partial charge >= 0.3 is 0 Å². The molecule has 0 amide bonds. The van der Waals surface area contributed by atoms with Crippen molar-refractivity contribution in [2.24, 2.45) is 0 Å². The van der Waals surface area contributed by atoms with Gasteiger partial charge in [0.2, 0.25) is 5.95 Å². The third-order valence-corrected chi connectivity index (χ3v) is 3.91. The second-order valence-electron chi connectivity index (χ2n) is 5.56. The Morgan fingerprint density at radius 1 is 1.04 bits per heavy atom. The number of aromatic nitrogens is 2. The maximum Gasteiger partial charge on any atom is 0.224 e. The molecule has 0 spiro atoms. The maximum atomic E-state index is 4.50. The van der Waals surface area contributed by atoms with E-state index in [2.05, 4.69) is 77.5 Å². The minimum absolute atomic E-state index is 0.360.